The largest absolute Gasteiger partial charge is 0.444 e. The van der Waals surface area contributed by atoms with Crippen molar-refractivity contribution in [3.8, 4) is 0 Å². The number of nitrogens with one attached hydrogen (secondary N) is 1. The van der Waals surface area contributed by atoms with Gasteiger partial charge in [-0.2, -0.15) is 4.98 Å². The van der Waals surface area contributed by atoms with E-state index in [1.165, 1.54) is 0 Å². The Kier molecular flexibility index (Phi) is 7.29. The lowest BCUT2D eigenvalue weighted by atomic mass is 10.1. The van der Waals surface area contributed by atoms with Gasteiger partial charge in [0.1, 0.15) is 17.1 Å². The summed E-state index contributed by atoms with van der Waals surface area (Å²) < 4.78 is 7.33. The van der Waals surface area contributed by atoms with Crippen molar-refractivity contribution in [2.24, 2.45) is 0 Å². The molecule has 0 aromatic carbocycles. The number of hydrogen-bond donors (Lipinski definition) is 1. The van der Waals surface area contributed by atoms with Crippen LogP contribution in [0.2, 0.25) is 0 Å². The highest BCUT2D eigenvalue weighted by molar-refractivity contribution is 5.83. The predicted octanol–water partition coefficient (Wildman–Crippen LogP) is 5.05. The van der Waals surface area contributed by atoms with Crippen molar-refractivity contribution in [2.75, 3.05) is 36.4 Å². The van der Waals surface area contributed by atoms with Gasteiger partial charge in [0, 0.05) is 49.4 Å². The Bertz CT molecular complexity index is 1430. The molecule has 1 aliphatic heterocycles. The van der Waals surface area contributed by atoms with E-state index in [-0.39, 0.29) is 17.7 Å². The molecule has 0 bridgehead atoms. The van der Waals surface area contributed by atoms with Crippen LogP contribution in [0.5, 0.6) is 0 Å². The van der Waals surface area contributed by atoms with E-state index in [1.54, 1.807) is 17.2 Å². The number of amides is 1. The standard InChI is InChI=1S/C29H37N7O3/c1-6-22-19(2)23-18-31-27(33-25(23)36(26(22)37)20-9-7-8-10-20)32-24-12-11-21(17-30-24)34-13-15-35(16-14-34)28(38)39-29(3,4)5/h6,11-12,17-18,20H,1,7-10,13-16H2,2-5H3,(H,30,31,32,33). The van der Waals surface area contributed by atoms with E-state index in [4.69, 9.17) is 9.72 Å². The third-order valence-corrected chi connectivity index (χ3v) is 7.43. The fraction of sp³-hybridized carbons (Fsp3) is 0.483. The van der Waals surface area contributed by atoms with Crippen molar-refractivity contribution in [3.63, 3.8) is 0 Å². The van der Waals surface area contributed by atoms with Crippen molar-refractivity contribution in [1.29, 1.82) is 0 Å². The summed E-state index contributed by atoms with van der Waals surface area (Å²) in [6.45, 7) is 14.0. The molecule has 10 nitrogen and oxygen atoms in total. The summed E-state index contributed by atoms with van der Waals surface area (Å²) in [6.07, 6.45) is 9.10. The molecular formula is C29H37N7O3. The van der Waals surface area contributed by atoms with E-state index in [9.17, 15) is 9.59 Å². The van der Waals surface area contributed by atoms with Crippen molar-refractivity contribution < 1.29 is 9.53 Å². The van der Waals surface area contributed by atoms with Gasteiger partial charge in [-0.3, -0.25) is 9.36 Å². The average Bonchev–Trinajstić information content (AvgIpc) is 3.43. The Morgan fingerprint density at radius 2 is 1.82 bits per heavy atom. The molecule has 4 heterocycles. The van der Waals surface area contributed by atoms with Gasteiger partial charge < -0.3 is 19.9 Å². The van der Waals surface area contributed by atoms with E-state index >= 15 is 0 Å². The molecular weight excluding hydrogens is 494 g/mol. The Balaban J connectivity index is 1.32. The first kappa shape index (κ1) is 26.6. The fourth-order valence-electron chi connectivity index (χ4n) is 5.39. The molecule has 1 amide bonds. The number of rotatable bonds is 5. The molecule has 1 aliphatic carbocycles. The van der Waals surface area contributed by atoms with Crippen molar-refractivity contribution in [2.45, 2.75) is 65.0 Å². The summed E-state index contributed by atoms with van der Waals surface area (Å²) in [5.41, 5.74) is 2.54. The molecule has 206 valence electrons. The number of aromatic nitrogens is 4. The monoisotopic (exact) mass is 531 g/mol. The third kappa shape index (κ3) is 5.60. The zero-order valence-corrected chi connectivity index (χ0v) is 23.2. The number of pyridine rings is 2. The number of carbonyl (C=O) groups excluding carboxylic acids is 1. The highest BCUT2D eigenvalue weighted by Gasteiger charge is 2.26. The number of nitrogens with zero attached hydrogens (tertiary/aromatic N) is 6. The molecule has 5 rings (SSSR count). The van der Waals surface area contributed by atoms with Crippen LogP contribution in [0.25, 0.3) is 17.1 Å². The van der Waals surface area contributed by atoms with Crippen LogP contribution in [-0.4, -0.2) is 62.3 Å². The zero-order chi connectivity index (χ0) is 27.7. The Morgan fingerprint density at radius 3 is 2.44 bits per heavy atom. The Labute approximate surface area is 228 Å². The number of ether oxygens (including phenoxy) is 1. The first-order chi connectivity index (χ1) is 18.6. The second-order valence-corrected chi connectivity index (χ2v) is 11.3. The van der Waals surface area contributed by atoms with E-state index in [0.29, 0.717) is 49.2 Å². The molecule has 2 fully saturated rings. The van der Waals surface area contributed by atoms with Gasteiger partial charge in [0.25, 0.3) is 5.56 Å². The molecule has 1 saturated carbocycles. The van der Waals surface area contributed by atoms with Gasteiger partial charge in [-0.15, -0.1) is 0 Å². The molecule has 1 N–H and O–H groups in total. The van der Waals surface area contributed by atoms with Crippen LogP contribution in [0.15, 0.2) is 35.9 Å². The lowest BCUT2D eigenvalue weighted by molar-refractivity contribution is 0.0240. The molecule has 3 aromatic rings. The summed E-state index contributed by atoms with van der Waals surface area (Å²) in [6, 6.07) is 4.02. The summed E-state index contributed by atoms with van der Waals surface area (Å²) in [5, 5.41) is 4.06. The number of anilines is 3. The maximum atomic E-state index is 13.4. The van der Waals surface area contributed by atoms with Crippen LogP contribution in [0, 0.1) is 6.92 Å². The molecule has 0 atom stereocenters. The van der Waals surface area contributed by atoms with Crippen molar-refractivity contribution in [1.82, 2.24) is 24.4 Å². The predicted molar refractivity (Wildman–Crippen MR) is 154 cm³/mol. The first-order valence-electron chi connectivity index (χ1n) is 13.6. The quantitative estimate of drug-likeness (QED) is 0.487. The number of aryl methyl sites for hydroxylation is 1. The number of carbonyl (C=O) groups is 1. The maximum Gasteiger partial charge on any atom is 0.410 e. The average molecular weight is 532 g/mol. The second-order valence-electron chi connectivity index (χ2n) is 11.3. The molecule has 0 unspecified atom stereocenters. The van der Waals surface area contributed by atoms with Gasteiger partial charge in [0.05, 0.1) is 11.9 Å². The van der Waals surface area contributed by atoms with Crippen molar-refractivity contribution >= 4 is 40.7 Å². The van der Waals surface area contributed by atoms with Crippen molar-refractivity contribution in [3.05, 3.63) is 52.6 Å². The SMILES string of the molecule is C=Cc1c(C)c2cnc(Nc3ccc(N4CCN(C(=O)OC(C)(C)C)CC4)cn3)nc2n(C2CCCC2)c1=O. The Morgan fingerprint density at radius 1 is 1.10 bits per heavy atom. The van der Waals surface area contributed by atoms with Crippen LogP contribution in [0.3, 0.4) is 0 Å². The van der Waals surface area contributed by atoms with Gasteiger partial charge in [-0.25, -0.2) is 14.8 Å². The fourth-order valence-corrected chi connectivity index (χ4v) is 5.39. The van der Waals surface area contributed by atoms with Crippen LogP contribution < -0.4 is 15.8 Å². The minimum absolute atomic E-state index is 0.0409. The minimum atomic E-state index is -0.503. The maximum absolute atomic E-state index is 13.4. The van der Waals surface area contributed by atoms with Gasteiger partial charge in [0.2, 0.25) is 5.95 Å². The smallest absolute Gasteiger partial charge is 0.410 e. The second kappa shape index (κ2) is 10.7. The van der Waals surface area contributed by atoms with E-state index in [0.717, 1.165) is 42.3 Å². The molecule has 0 spiro atoms. The van der Waals surface area contributed by atoms with Gasteiger partial charge in [-0.05, 0) is 58.2 Å². The third-order valence-electron chi connectivity index (χ3n) is 7.43. The molecule has 3 aromatic heterocycles. The molecule has 2 aliphatic rings. The van der Waals surface area contributed by atoms with Crippen LogP contribution in [0.4, 0.5) is 22.2 Å². The van der Waals surface area contributed by atoms with Crippen LogP contribution in [-0.2, 0) is 4.74 Å². The van der Waals surface area contributed by atoms with Gasteiger partial charge >= 0.3 is 6.09 Å². The lowest BCUT2D eigenvalue weighted by Crippen LogP contribution is -2.50. The normalized spacial score (nSPS) is 16.5. The number of piperazine rings is 1. The number of fused-ring (bicyclic) bond motifs is 1. The summed E-state index contributed by atoms with van der Waals surface area (Å²) in [5.74, 6) is 1.00. The zero-order valence-electron chi connectivity index (χ0n) is 23.2. The van der Waals surface area contributed by atoms with Crippen LogP contribution in [0.1, 0.15) is 63.6 Å². The van der Waals surface area contributed by atoms with Gasteiger partial charge in [-0.1, -0.05) is 25.5 Å². The first-order valence-corrected chi connectivity index (χ1v) is 13.6. The topological polar surface area (TPSA) is 105 Å². The summed E-state index contributed by atoms with van der Waals surface area (Å²) in [7, 11) is 0. The lowest BCUT2D eigenvalue weighted by Gasteiger charge is -2.36. The molecule has 39 heavy (non-hydrogen) atoms. The number of hydrogen-bond acceptors (Lipinski definition) is 8. The molecule has 1 saturated heterocycles. The highest BCUT2D eigenvalue weighted by Crippen LogP contribution is 2.32. The summed E-state index contributed by atoms with van der Waals surface area (Å²) >= 11 is 0. The van der Waals surface area contributed by atoms with Gasteiger partial charge in [0.15, 0.2) is 0 Å². The molecule has 0 radical (unpaired) electrons. The summed E-state index contributed by atoms with van der Waals surface area (Å²) in [4.78, 5) is 43.5. The minimum Gasteiger partial charge on any atom is -0.444 e. The van der Waals surface area contributed by atoms with E-state index < -0.39 is 5.60 Å². The Hall–Kier alpha value is -3.95. The molecule has 10 heteroatoms. The van der Waals surface area contributed by atoms with Crippen LogP contribution >= 0.6 is 0 Å². The highest BCUT2D eigenvalue weighted by atomic mass is 16.6. The van der Waals surface area contributed by atoms with E-state index in [2.05, 4.69) is 26.8 Å². The van der Waals surface area contributed by atoms with E-state index in [1.807, 2.05) is 50.6 Å².